The highest BCUT2D eigenvalue weighted by atomic mass is 35.5. The first kappa shape index (κ1) is 12.7. The van der Waals surface area contributed by atoms with Crippen LogP contribution in [0.3, 0.4) is 0 Å². The van der Waals surface area contributed by atoms with Gasteiger partial charge in [0.15, 0.2) is 0 Å². The van der Waals surface area contributed by atoms with Gasteiger partial charge < -0.3 is 10.3 Å². The van der Waals surface area contributed by atoms with E-state index in [4.69, 9.17) is 11.6 Å². The molecule has 0 aliphatic rings. The zero-order valence-corrected chi connectivity index (χ0v) is 11.3. The van der Waals surface area contributed by atoms with Crippen LogP contribution in [-0.4, -0.2) is 15.9 Å². The maximum absolute atomic E-state index is 12.2. The number of amides is 1. The Morgan fingerprint density at radius 1 is 1.30 bits per heavy atom. The molecule has 100 valence electrons. The van der Waals surface area contributed by atoms with Crippen LogP contribution < -0.4 is 5.32 Å². The number of benzene rings is 1. The average Bonchev–Trinajstić information content (AvgIpc) is 2.89. The fourth-order valence-corrected chi connectivity index (χ4v) is 2.28. The number of rotatable bonds is 3. The minimum atomic E-state index is -0.135. The van der Waals surface area contributed by atoms with Gasteiger partial charge in [0.05, 0.1) is 5.56 Å². The van der Waals surface area contributed by atoms with Crippen LogP contribution in [0.4, 0.5) is 0 Å². The molecule has 2 N–H and O–H groups in total. The molecule has 0 bridgehead atoms. The van der Waals surface area contributed by atoms with Gasteiger partial charge in [-0.25, -0.2) is 4.98 Å². The largest absolute Gasteiger partial charge is 0.348 e. The molecular weight excluding hydrogens is 274 g/mol. The molecule has 0 unspecified atom stereocenters. The molecule has 20 heavy (non-hydrogen) atoms. The normalized spacial score (nSPS) is 10.7. The van der Waals surface area contributed by atoms with Crippen molar-refractivity contribution in [3.8, 4) is 0 Å². The third-order valence-electron chi connectivity index (χ3n) is 3.04. The first-order chi connectivity index (χ1) is 9.74. The van der Waals surface area contributed by atoms with Crippen molar-refractivity contribution in [3.63, 3.8) is 0 Å². The predicted molar refractivity (Wildman–Crippen MR) is 78.7 cm³/mol. The van der Waals surface area contributed by atoms with Crippen LogP contribution in [-0.2, 0) is 6.54 Å². The third kappa shape index (κ3) is 2.51. The van der Waals surface area contributed by atoms with Gasteiger partial charge in [-0.15, -0.1) is 0 Å². The van der Waals surface area contributed by atoms with Crippen molar-refractivity contribution in [2.45, 2.75) is 6.54 Å². The Morgan fingerprint density at radius 3 is 3.05 bits per heavy atom. The SMILES string of the molecule is O=C(NCc1cccc(Cl)c1)c1c[nH]c2ncccc12. The van der Waals surface area contributed by atoms with Gasteiger partial charge in [-0.05, 0) is 29.8 Å². The number of halogens is 1. The number of carbonyl (C=O) groups excluding carboxylic acids is 1. The van der Waals surface area contributed by atoms with Crippen LogP contribution in [0.25, 0.3) is 11.0 Å². The summed E-state index contributed by atoms with van der Waals surface area (Å²) >= 11 is 5.91. The van der Waals surface area contributed by atoms with Crippen molar-refractivity contribution < 1.29 is 4.79 Å². The number of fused-ring (bicyclic) bond motifs is 1. The topological polar surface area (TPSA) is 57.8 Å². The maximum atomic E-state index is 12.2. The molecule has 3 rings (SSSR count). The number of aromatic amines is 1. The molecule has 0 radical (unpaired) electrons. The number of nitrogens with zero attached hydrogens (tertiary/aromatic N) is 1. The molecular formula is C15H12ClN3O. The zero-order chi connectivity index (χ0) is 13.9. The van der Waals surface area contributed by atoms with Gasteiger partial charge in [-0.2, -0.15) is 0 Å². The van der Waals surface area contributed by atoms with Crippen LogP contribution >= 0.6 is 11.6 Å². The lowest BCUT2D eigenvalue weighted by molar-refractivity contribution is 0.0952. The van der Waals surface area contributed by atoms with E-state index in [9.17, 15) is 4.79 Å². The van der Waals surface area contributed by atoms with Gasteiger partial charge >= 0.3 is 0 Å². The van der Waals surface area contributed by atoms with Crippen molar-refractivity contribution in [1.29, 1.82) is 0 Å². The second-order valence-electron chi connectivity index (χ2n) is 4.41. The van der Waals surface area contributed by atoms with Crippen molar-refractivity contribution in [2.75, 3.05) is 0 Å². The van der Waals surface area contributed by atoms with Crippen LogP contribution in [0, 0.1) is 0 Å². The molecule has 2 heterocycles. The van der Waals surface area contributed by atoms with E-state index in [2.05, 4.69) is 15.3 Å². The Hall–Kier alpha value is -2.33. The Kier molecular flexibility index (Phi) is 3.39. The second kappa shape index (κ2) is 5.35. The molecule has 0 spiro atoms. The van der Waals surface area contributed by atoms with Crippen LogP contribution in [0.5, 0.6) is 0 Å². The van der Waals surface area contributed by atoms with E-state index in [1.807, 2.05) is 30.3 Å². The van der Waals surface area contributed by atoms with Crippen molar-refractivity contribution >= 4 is 28.5 Å². The van der Waals surface area contributed by atoms with Gasteiger partial charge in [-0.1, -0.05) is 23.7 Å². The summed E-state index contributed by atoms with van der Waals surface area (Å²) in [4.78, 5) is 19.3. The highest BCUT2D eigenvalue weighted by molar-refractivity contribution is 6.30. The Morgan fingerprint density at radius 2 is 2.20 bits per heavy atom. The first-order valence-corrected chi connectivity index (χ1v) is 6.56. The van der Waals surface area contributed by atoms with E-state index in [1.54, 1.807) is 18.5 Å². The lowest BCUT2D eigenvalue weighted by atomic mass is 10.2. The summed E-state index contributed by atoms with van der Waals surface area (Å²) in [5.74, 6) is -0.135. The minimum Gasteiger partial charge on any atom is -0.348 e. The fraction of sp³-hybridized carbons (Fsp3) is 0.0667. The van der Waals surface area contributed by atoms with Crippen molar-refractivity contribution in [1.82, 2.24) is 15.3 Å². The van der Waals surface area contributed by atoms with Crippen LogP contribution in [0.15, 0.2) is 48.8 Å². The highest BCUT2D eigenvalue weighted by Gasteiger charge is 2.11. The van der Waals surface area contributed by atoms with E-state index < -0.39 is 0 Å². The number of hydrogen-bond donors (Lipinski definition) is 2. The van der Waals surface area contributed by atoms with E-state index in [-0.39, 0.29) is 5.91 Å². The highest BCUT2D eigenvalue weighted by Crippen LogP contribution is 2.16. The number of hydrogen-bond acceptors (Lipinski definition) is 2. The molecule has 4 nitrogen and oxygen atoms in total. The quantitative estimate of drug-likeness (QED) is 0.777. The van der Waals surface area contributed by atoms with E-state index in [0.29, 0.717) is 22.8 Å². The van der Waals surface area contributed by atoms with E-state index in [0.717, 1.165) is 10.9 Å². The molecule has 0 aliphatic carbocycles. The number of carbonyl (C=O) groups is 1. The molecule has 0 atom stereocenters. The number of aromatic nitrogens is 2. The average molecular weight is 286 g/mol. The zero-order valence-electron chi connectivity index (χ0n) is 10.6. The van der Waals surface area contributed by atoms with Gasteiger partial charge in [0.2, 0.25) is 0 Å². The van der Waals surface area contributed by atoms with Crippen molar-refractivity contribution in [3.05, 3.63) is 64.9 Å². The van der Waals surface area contributed by atoms with Crippen LogP contribution in [0.2, 0.25) is 5.02 Å². The van der Waals surface area contributed by atoms with Crippen molar-refractivity contribution in [2.24, 2.45) is 0 Å². The molecule has 2 aromatic heterocycles. The monoisotopic (exact) mass is 285 g/mol. The molecule has 1 amide bonds. The molecule has 3 aromatic rings. The number of pyridine rings is 1. The lowest BCUT2D eigenvalue weighted by Gasteiger charge is -2.05. The van der Waals surface area contributed by atoms with E-state index >= 15 is 0 Å². The summed E-state index contributed by atoms with van der Waals surface area (Å²) in [6, 6.07) is 11.1. The summed E-state index contributed by atoms with van der Waals surface area (Å²) in [6.45, 7) is 0.437. The summed E-state index contributed by atoms with van der Waals surface area (Å²) in [6.07, 6.45) is 3.36. The molecule has 0 saturated heterocycles. The lowest BCUT2D eigenvalue weighted by Crippen LogP contribution is -2.22. The fourth-order valence-electron chi connectivity index (χ4n) is 2.07. The first-order valence-electron chi connectivity index (χ1n) is 6.19. The standard InChI is InChI=1S/C15H12ClN3O/c16-11-4-1-3-10(7-11)8-19-15(20)13-9-18-14-12(13)5-2-6-17-14/h1-7,9H,8H2,(H,17,18)(H,19,20). The summed E-state index contributed by atoms with van der Waals surface area (Å²) in [5, 5.41) is 4.35. The van der Waals surface area contributed by atoms with E-state index in [1.165, 1.54) is 0 Å². The third-order valence-corrected chi connectivity index (χ3v) is 3.27. The van der Waals surface area contributed by atoms with Gasteiger partial charge in [0.1, 0.15) is 5.65 Å². The summed E-state index contributed by atoms with van der Waals surface area (Å²) in [5.41, 5.74) is 2.26. The summed E-state index contributed by atoms with van der Waals surface area (Å²) in [7, 11) is 0. The molecule has 5 heteroatoms. The smallest absolute Gasteiger partial charge is 0.253 e. The molecule has 0 aliphatic heterocycles. The molecule has 0 saturated carbocycles. The summed E-state index contributed by atoms with van der Waals surface area (Å²) < 4.78 is 0. The maximum Gasteiger partial charge on any atom is 0.253 e. The second-order valence-corrected chi connectivity index (χ2v) is 4.85. The van der Waals surface area contributed by atoms with Crippen LogP contribution in [0.1, 0.15) is 15.9 Å². The Labute approximate surface area is 120 Å². The Bertz CT molecular complexity index is 766. The van der Waals surface area contributed by atoms with Gasteiger partial charge in [0.25, 0.3) is 5.91 Å². The number of H-pyrrole nitrogens is 1. The molecule has 1 aromatic carbocycles. The molecule has 0 fully saturated rings. The van der Waals surface area contributed by atoms with Gasteiger partial charge in [-0.3, -0.25) is 4.79 Å². The van der Waals surface area contributed by atoms with Gasteiger partial charge in [0, 0.05) is 29.3 Å². The predicted octanol–water partition coefficient (Wildman–Crippen LogP) is 3.15. The minimum absolute atomic E-state index is 0.135. The number of nitrogens with one attached hydrogen (secondary N) is 2. The Balaban J connectivity index is 1.76.